The summed E-state index contributed by atoms with van der Waals surface area (Å²) in [5.74, 6) is 0.636. The fourth-order valence-corrected chi connectivity index (χ4v) is 2.39. The lowest BCUT2D eigenvalue weighted by molar-refractivity contribution is -0.0231. The molecule has 0 amide bonds. The lowest BCUT2D eigenvalue weighted by Gasteiger charge is -2.32. The zero-order valence-electron chi connectivity index (χ0n) is 15.6. The Morgan fingerprint density at radius 1 is 1.10 bits per heavy atom. The van der Waals surface area contributed by atoms with E-state index in [1.807, 2.05) is 0 Å². The van der Waals surface area contributed by atoms with E-state index in [-0.39, 0.29) is 11.1 Å². The van der Waals surface area contributed by atoms with Crippen molar-refractivity contribution in [1.29, 1.82) is 0 Å². The zero-order chi connectivity index (χ0) is 16.7. The fraction of sp³-hybridized carbons (Fsp3) is 0.889. The normalized spacial score (nSPS) is 13.0. The van der Waals surface area contributed by atoms with E-state index in [2.05, 4.69) is 72.6 Å². The molecule has 0 unspecified atom stereocenters. The minimum absolute atomic E-state index is 0.110. The molecule has 0 radical (unpaired) electrons. The van der Waals surface area contributed by atoms with Gasteiger partial charge in [-0.15, -0.1) is 0 Å². The molecule has 0 aromatic rings. The van der Waals surface area contributed by atoms with Gasteiger partial charge in [0.15, 0.2) is 0 Å². The van der Waals surface area contributed by atoms with Crippen molar-refractivity contribution in [3.05, 3.63) is 12.3 Å². The summed E-state index contributed by atoms with van der Waals surface area (Å²) in [6.45, 7) is 23.1. The van der Waals surface area contributed by atoms with Gasteiger partial charge in [-0.3, -0.25) is 0 Å². The smallest absolute Gasteiger partial charge is 0.0797 e. The van der Waals surface area contributed by atoms with Crippen LogP contribution in [0.2, 0.25) is 0 Å². The second-order valence-corrected chi connectivity index (χ2v) is 8.10. The first kappa shape index (κ1) is 20.5. The van der Waals surface area contributed by atoms with Gasteiger partial charge >= 0.3 is 0 Å². The molecule has 0 spiro atoms. The zero-order valence-corrected chi connectivity index (χ0v) is 15.6. The average Bonchev–Trinajstić information content (AvgIpc) is 2.23. The van der Waals surface area contributed by atoms with Crippen LogP contribution in [0.15, 0.2) is 12.3 Å². The molecular weight excluding hydrogens is 260 g/mol. The Bertz CT molecular complexity index is 306. The molecule has 0 rings (SSSR count). The summed E-state index contributed by atoms with van der Waals surface area (Å²) in [7, 11) is 0. The highest BCUT2D eigenvalue weighted by molar-refractivity contribution is 4.94. The third kappa shape index (κ3) is 11.8. The second-order valence-electron chi connectivity index (χ2n) is 8.10. The predicted octanol–water partition coefficient (Wildman–Crippen LogP) is 4.10. The van der Waals surface area contributed by atoms with Crippen LogP contribution in [0.4, 0.5) is 0 Å². The molecule has 0 fully saturated rings. The Morgan fingerprint density at radius 3 is 2.14 bits per heavy atom. The van der Waals surface area contributed by atoms with E-state index < -0.39 is 0 Å². The van der Waals surface area contributed by atoms with Crippen molar-refractivity contribution in [2.45, 2.75) is 85.4 Å². The van der Waals surface area contributed by atoms with Gasteiger partial charge in [-0.25, -0.2) is 0 Å². The average molecular weight is 299 g/mol. The summed E-state index contributed by atoms with van der Waals surface area (Å²) in [6.07, 6.45) is 2.02. The molecule has 21 heavy (non-hydrogen) atoms. The van der Waals surface area contributed by atoms with E-state index in [0.717, 1.165) is 31.7 Å². The van der Waals surface area contributed by atoms with Crippen LogP contribution in [0.3, 0.4) is 0 Å². The summed E-state index contributed by atoms with van der Waals surface area (Å²) in [5.41, 5.74) is 1.04. The molecule has 0 aromatic carbocycles. The van der Waals surface area contributed by atoms with Crippen molar-refractivity contribution in [3.8, 4) is 0 Å². The van der Waals surface area contributed by atoms with Gasteiger partial charge in [0.25, 0.3) is 0 Å². The lowest BCUT2D eigenvalue weighted by Crippen LogP contribution is -2.45. The van der Waals surface area contributed by atoms with E-state index in [1.54, 1.807) is 0 Å². The quantitative estimate of drug-likeness (QED) is 0.602. The number of nitrogens with one attached hydrogen (secondary N) is 2. The van der Waals surface area contributed by atoms with Crippen LogP contribution in [-0.4, -0.2) is 30.3 Å². The molecule has 0 saturated carbocycles. The van der Waals surface area contributed by atoms with Crippen LogP contribution < -0.4 is 10.6 Å². The first-order chi connectivity index (χ1) is 9.43. The van der Waals surface area contributed by atoms with Gasteiger partial charge in [0, 0.05) is 30.4 Å². The van der Waals surface area contributed by atoms with Crippen LogP contribution in [0.25, 0.3) is 0 Å². The molecular formula is C18H38N2O. The van der Waals surface area contributed by atoms with Crippen molar-refractivity contribution in [2.75, 3.05) is 13.2 Å². The highest BCUT2D eigenvalue weighted by Crippen LogP contribution is 2.15. The molecule has 0 aromatic heterocycles. The lowest BCUT2D eigenvalue weighted by atomic mass is 10.00. The third-order valence-corrected chi connectivity index (χ3v) is 3.32. The monoisotopic (exact) mass is 298 g/mol. The maximum absolute atomic E-state index is 6.06. The van der Waals surface area contributed by atoms with Crippen molar-refractivity contribution < 1.29 is 4.74 Å². The molecule has 126 valence electrons. The first-order valence-electron chi connectivity index (χ1n) is 8.27. The molecule has 0 aliphatic carbocycles. The Kier molecular flexibility index (Phi) is 8.57. The predicted molar refractivity (Wildman–Crippen MR) is 93.6 cm³/mol. The fourth-order valence-electron chi connectivity index (χ4n) is 2.39. The Balaban J connectivity index is 4.05. The minimum atomic E-state index is -0.173. The number of rotatable bonds is 11. The van der Waals surface area contributed by atoms with Gasteiger partial charge in [0.1, 0.15) is 0 Å². The summed E-state index contributed by atoms with van der Waals surface area (Å²) < 4.78 is 6.06. The van der Waals surface area contributed by atoms with Gasteiger partial charge in [-0.05, 0) is 46.5 Å². The van der Waals surface area contributed by atoms with E-state index in [9.17, 15) is 0 Å². The molecule has 0 saturated heterocycles. The Morgan fingerprint density at radius 2 is 1.67 bits per heavy atom. The Labute approximate surface area is 132 Å². The van der Waals surface area contributed by atoms with Crippen LogP contribution in [0.5, 0.6) is 0 Å². The van der Waals surface area contributed by atoms with Gasteiger partial charge in [-0.1, -0.05) is 34.3 Å². The van der Waals surface area contributed by atoms with Crippen molar-refractivity contribution in [1.82, 2.24) is 10.6 Å². The van der Waals surface area contributed by atoms with Crippen molar-refractivity contribution in [2.24, 2.45) is 5.92 Å². The minimum Gasteiger partial charge on any atom is -0.386 e. The molecule has 0 atom stereocenters. The topological polar surface area (TPSA) is 33.3 Å². The van der Waals surface area contributed by atoms with Crippen LogP contribution in [0.1, 0.15) is 68.2 Å². The number of hydrogen-bond donors (Lipinski definition) is 2. The van der Waals surface area contributed by atoms with Crippen LogP contribution in [-0.2, 0) is 4.74 Å². The molecule has 0 aliphatic heterocycles. The third-order valence-electron chi connectivity index (χ3n) is 3.32. The van der Waals surface area contributed by atoms with Gasteiger partial charge in [0.2, 0.25) is 0 Å². The summed E-state index contributed by atoms with van der Waals surface area (Å²) in [6, 6.07) is 0.494. The molecule has 0 aliphatic rings. The van der Waals surface area contributed by atoms with Crippen molar-refractivity contribution in [3.63, 3.8) is 0 Å². The largest absolute Gasteiger partial charge is 0.386 e. The molecule has 3 heteroatoms. The number of hydrogen-bond acceptors (Lipinski definition) is 3. The maximum atomic E-state index is 6.06. The van der Waals surface area contributed by atoms with E-state index in [1.165, 1.54) is 0 Å². The van der Waals surface area contributed by atoms with E-state index in [0.29, 0.717) is 12.0 Å². The molecule has 0 heterocycles. The van der Waals surface area contributed by atoms with Crippen LogP contribution in [0, 0.1) is 5.92 Å². The summed E-state index contributed by atoms with van der Waals surface area (Å²) in [5, 5.41) is 6.97. The summed E-state index contributed by atoms with van der Waals surface area (Å²) in [4.78, 5) is 0. The van der Waals surface area contributed by atoms with Gasteiger partial charge in [0.05, 0.1) is 5.60 Å². The second kappa shape index (κ2) is 8.79. The summed E-state index contributed by atoms with van der Waals surface area (Å²) >= 11 is 0. The van der Waals surface area contributed by atoms with Gasteiger partial charge in [-0.2, -0.15) is 0 Å². The maximum Gasteiger partial charge on any atom is 0.0797 e. The first-order valence-corrected chi connectivity index (χ1v) is 8.27. The SMILES string of the molecule is C=C(CC(C)C)NCC(C)(C)OCCC(C)(C)NC(C)C. The van der Waals surface area contributed by atoms with E-state index in [4.69, 9.17) is 4.74 Å². The molecule has 2 N–H and O–H groups in total. The van der Waals surface area contributed by atoms with Crippen LogP contribution >= 0.6 is 0 Å². The molecule has 3 nitrogen and oxygen atoms in total. The van der Waals surface area contributed by atoms with Crippen molar-refractivity contribution >= 4 is 0 Å². The Hall–Kier alpha value is -0.540. The van der Waals surface area contributed by atoms with Gasteiger partial charge < -0.3 is 15.4 Å². The number of allylic oxidation sites excluding steroid dienone is 1. The highest BCUT2D eigenvalue weighted by Gasteiger charge is 2.22. The standard InChI is InChI=1S/C18H38N2O/c1-14(2)12-16(5)19-13-18(8,9)21-11-10-17(6,7)20-15(3)4/h14-15,19-20H,5,10-13H2,1-4,6-9H3. The number of ether oxygens (including phenoxy) is 1. The van der Waals surface area contributed by atoms with E-state index >= 15 is 0 Å². The molecule has 0 bridgehead atoms. The highest BCUT2D eigenvalue weighted by atomic mass is 16.5.